The van der Waals surface area contributed by atoms with Gasteiger partial charge in [0.2, 0.25) is 0 Å². The van der Waals surface area contributed by atoms with Crippen molar-refractivity contribution in [3.05, 3.63) is 10.6 Å². The number of likely N-dealkylation sites (N-methyl/N-ethyl adjacent to an activating group) is 1. The van der Waals surface area contributed by atoms with E-state index >= 15 is 0 Å². The minimum absolute atomic E-state index is 0.357. The molecule has 17 heavy (non-hydrogen) atoms. The predicted octanol–water partition coefficient (Wildman–Crippen LogP) is 1.99. The highest BCUT2D eigenvalue weighted by molar-refractivity contribution is 7.15. The molecule has 1 aliphatic rings. The molecule has 1 heterocycles. The van der Waals surface area contributed by atoms with Crippen LogP contribution in [0, 0.1) is 0 Å². The summed E-state index contributed by atoms with van der Waals surface area (Å²) in [7, 11) is 1.71. The van der Waals surface area contributed by atoms with Gasteiger partial charge in [0.1, 0.15) is 0 Å². The third kappa shape index (κ3) is 2.78. The maximum atomic E-state index is 9.91. The molecule has 0 radical (unpaired) electrons. The summed E-state index contributed by atoms with van der Waals surface area (Å²) in [4.78, 5) is 8.06. The number of aromatic nitrogens is 1. The minimum atomic E-state index is -0.357. The lowest BCUT2D eigenvalue weighted by molar-refractivity contribution is 0.153. The Kier molecular flexibility index (Phi) is 4.36. The molecular weight excluding hydrogens is 236 g/mol. The number of methoxy groups -OCH3 is 1. The molecule has 2 rings (SSSR count). The molecule has 0 fully saturated rings. The number of ether oxygens (including phenoxy) is 1. The second-order valence-corrected chi connectivity index (χ2v) is 5.35. The van der Waals surface area contributed by atoms with Gasteiger partial charge in [0.05, 0.1) is 18.4 Å². The summed E-state index contributed by atoms with van der Waals surface area (Å²) in [5.74, 6) is 0. The summed E-state index contributed by atoms with van der Waals surface area (Å²) < 4.78 is 5.10. The molecule has 1 aromatic heterocycles. The van der Waals surface area contributed by atoms with Crippen molar-refractivity contribution < 1.29 is 9.84 Å². The highest BCUT2D eigenvalue weighted by Crippen LogP contribution is 2.36. The molecule has 96 valence electrons. The first kappa shape index (κ1) is 12.8. The lowest BCUT2D eigenvalue weighted by atomic mass is 10.0. The molecule has 0 aliphatic heterocycles. The summed E-state index contributed by atoms with van der Waals surface area (Å²) in [6.45, 7) is 4.61. The van der Waals surface area contributed by atoms with Crippen LogP contribution >= 0.6 is 11.3 Å². The Balaban J connectivity index is 2.15. The highest BCUT2D eigenvalue weighted by Gasteiger charge is 2.24. The molecule has 0 saturated heterocycles. The van der Waals surface area contributed by atoms with Crippen LogP contribution < -0.4 is 4.90 Å². The van der Waals surface area contributed by atoms with Crippen LogP contribution in [0.2, 0.25) is 0 Å². The molecule has 4 nitrogen and oxygen atoms in total. The molecule has 0 bridgehead atoms. The lowest BCUT2D eigenvalue weighted by Crippen LogP contribution is -2.26. The van der Waals surface area contributed by atoms with Crippen LogP contribution in [0.5, 0.6) is 0 Å². The van der Waals surface area contributed by atoms with E-state index in [1.54, 1.807) is 18.4 Å². The van der Waals surface area contributed by atoms with Crippen LogP contribution in [0.25, 0.3) is 0 Å². The van der Waals surface area contributed by atoms with Crippen LogP contribution in [0.3, 0.4) is 0 Å². The molecule has 0 spiro atoms. The van der Waals surface area contributed by atoms with Gasteiger partial charge in [-0.25, -0.2) is 4.98 Å². The molecule has 0 amide bonds. The molecular formula is C12H20N2O2S. The molecule has 1 aliphatic carbocycles. The van der Waals surface area contributed by atoms with Gasteiger partial charge in [-0.05, 0) is 26.2 Å². The Morgan fingerprint density at radius 3 is 3.06 bits per heavy atom. The van der Waals surface area contributed by atoms with Crippen LogP contribution in [-0.4, -0.2) is 36.9 Å². The third-order valence-electron chi connectivity index (χ3n) is 3.13. The van der Waals surface area contributed by atoms with Crippen LogP contribution in [0.4, 0.5) is 5.13 Å². The van der Waals surface area contributed by atoms with Crippen molar-refractivity contribution in [1.82, 2.24) is 4.98 Å². The molecule has 5 heteroatoms. The van der Waals surface area contributed by atoms with E-state index in [1.807, 2.05) is 0 Å². The zero-order valence-electron chi connectivity index (χ0n) is 10.5. The fourth-order valence-corrected chi connectivity index (χ4v) is 3.36. The van der Waals surface area contributed by atoms with Crippen molar-refractivity contribution >= 4 is 16.5 Å². The van der Waals surface area contributed by atoms with Gasteiger partial charge in [-0.2, -0.15) is 0 Å². The van der Waals surface area contributed by atoms with Gasteiger partial charge in [0, 0.05) is 25.1 Å². The fraction of sp³-hybridized carbons (Fsp3) is 0.750. The number of hydrogen-bond donors (Lipinski definition) is 1. The van der Waals surface area contributed by atoms with E-state index in [1.165, 1.54) is 4.88 Å². The van der Waals surface area contributed by atoms with Crippen molar-refractivity contribution in [2.45, 2.75) is 32.3 Å². The molecule has 0 saturated carbocycles. The van der Waals surface area contributed by atoms with E-state index in [0.29, 0.717) is 6.61 Å². The van der Waals surface area contributed by atoms with Crippen molar-refractivity contribution in [2.24, 2.45) is 0 Å². The molecule has 1 atom stereocenters. The molecule has 1 aromatic rings. The Labute approximate surface area is 106 Å². The quantitative estimate of drug-likeness (QED) is 0.875. The normalized spacial score (nSPS) is 19.1. The van der Waals surface area contributed by atoms with E-state index in [-0.39, 0.29) is 6.10 Å². The number of aryl methyl sites for hydroxylation is 1. The number of rotatable bonds is 5. The topological polar surface area (TPSA) is 45.6 Å². The number of aliphatic hydroxyl groups is 1. The van der Waals surface area contributed by atoms with E-state index in [9.17, 15) is 5.11 Å². The largest absolute Gasteiger partial charge is 0.387 e. The SMILES string of the molecule is CCN(CCOC)c1nc2c(s1)CCCC2O. The Hall–Kier alpha value is -0.650. The zero-order valence-corrected chi connectivity index (χ0v) is 11.3. The average Bonchev–Trinajstić information content (AvgIpc) is 2.75. The summed E-state index contributed by atoms with van der Waals surface area (Å²) in [5, 5.41) is 10.9. The molecule has 0 aromatic carbocycles. The van der Waals surface area contributed by atoms with Crippen LogP contribution in [0.15, 0.2) is 0 Å². The predicted molar refractivity (Wildman–Crippen MR) is 69.8 cm³/mol. The third-order valence-corrected chi connectivity index (χ3v) is 4.32. The summed E-state index contributed by atoms with van der Waals surface area (Å²) in [6, 6.07) is 0. The van der Waals surface area contributed by atoms with Crippen LogP contribution in [0.1, 0.15) is 36.4 Å². The fourth-order valence-electron chi connectivity index (χ4n) is 2.11. The maximum Gasteiger partial charge on any atom is 0.185 e. The highest BCUT2D eigenvalue weighted by atomic mass is 32.1. The number of fused-ring (bicyclic) bond motifs is 1. The summed E-state index contributed by atoms with van der Waals surface area (Å²) in [6.07, 6.45) is 2.62. The number of nitrogens with zero attached hydrogens (tertiary/aromatic N) is 2. The number of thiazole rings is 1. The van der Waals surface area contributed by atoms with Crippen molar-refractivity contribution in [3.8, 4) is 0 Å². The van der Waals surface area contributed by atoms with Crippen molar-refractivity contribution in [1.29, 1.82) is 0 Å². The first-order valence-electron chi connectivity index (χ1n) is 6.17. The molecule has 1 unspecified atom stereocenters. The first-order valence-corrected chi connectivity index (χ1v) is 6.99. The van der Waals surface area contributed by atoms with E-state index in [2.05, 4.69) is 16.8 Å². The van der Waals surface area contributed by atoms with Gasteiger partial charge < -0.3 is 14.7 Å². The Morgan fingerprint density at radius 1 is 1.59 bits per heavy atom. The summed E-state index contributed by atoms with van der Waals surface area (Å²) in [5.41, 5.74) is 0.909. The lowest BCUT2D eigenvalue weighted by Gasteiger charge is -2.18. The van der Waals surface area contributed by atoms with Gasteiger partial charge in [-0.15, -0.1) is 11.3 Å². The van der Waals surface area contributed by atoms with E-state index in [0.717, 1.165) is 43.2 Å². The average molecular weight is 256 g/mol. The van der Waals surface area contributed by atoms with Crippen LogP contribution in [-0.2, 0) is 11.2 Å². The van der Waals surface area contributed by atoms with Gasteiger partial charge in [-0.1, -0.05) is 0 Å². The van der Waals surface area contributed by atoms with Gasteiger partial charge in [0.25, 0.3) is 0 Å². The Morgan fingerprint density at radius 2 is 2.41 bits per heavy atom. The molecule has 1 N–H and O–H groups in total. The Bertz CT molecular complexity index is 367. The smallest absolute Gasteiger partial charge is 0.185 e. The number of anilines is 1. The van der Waals surface area contributed by atoms with E-state index < -0.39 is 0 Å². The van der Waals surface area contributed by atoms with Gasteiger partial charge in [-0.3, -0.25) is 0 Å². The standard InChI is InChI=1S/C12H20N2O2S/c1-3-14(7-8-16-2)12-13-11-9(15)5-4-6-10(11)17-12/h9,15H,3-8H2,1-2H3. The second kappa shape index (κ2) is 5.80. The van der Waals surface area contributed by atoms with Crippen molar-refractivity contribution in [3.63, 3.8) is 0 Å². The zero-order chi connectivity index (χ0) is 12.3. The minimum Gasteiger partial charge on any atom is -0.387 e. The van der Waals surface area contributed by atoms with Gasteiger partial charge in [0.15, 0.2) is 5.13 Å². The van der Waals surface area contributed by atoms with Gasteiger partial charge >= 0.3 is 0 Å². The van der Waals surface area contributed by atoms with E-state index in [4.69, 9.17) is 4.74 Å². The van der Waals surface area contributed by atoms with Crippen molar-refractivity contribution in [2.75, 3.05) is 31.7 Å². The number of hydrogen-bond acceptors (Lipinski definition) is 5. The first-order chi connectivity index (χ1) is 8.26. The second-order valence-electron chi connectivity index (χ2n) is 4.29. The summed E-state index contributed by atoms with van der Waals surface area (Å²) >= 11 is 1.72. The maximum absolute atomic E-state index is 9.91. The monoisotopic (exact) mass is 256 g/mol. The number of aliphatic hydroxyl groups excluding tert-OH is 1.